The van der Waals surface area contributed by atoms with Crippen molar-refractivity contribution in [2.45, 2.75) is 45.6 Å². The molecule has 1 aromatic carbocycles. The van der Waals surface area contributed by atoms with Gasteiger partial charge in [0.15, 0.2) is 0 Å². The molecular weight excluding hydrogens is 381 g/mol. The maximum absolute atomic E-state index is 13.2. The van der Waals surface area contributed by atoms with Gasteiger partial charge in [0.1, 0.15) is 11.6 Å². The largest absolute Gasteiger partial charge is 0.483 e. The van der Waals surface area contributed by atoms with Crippen molar-refractivity contribution in [2.75, 3.05) is 11.9 Å². The molecule has 0 radical (unpaired) electrons. The van der Waals surface area contributed by atoms with E-state index < -0.39 is 0 Å². The lowest BCUT2D eigenvalue weighted by Crippen LogP contribution is -2.27. The van der Waals surface area contributed by atoms with E-state index in [1.807, 2.05) is 6.20 Å². The van der Waals surface area contributed by atoms with Gasteiger partial charge in [0.05, 0.1) is 10.7 Å². The van der Waals surface area contributed by atoms with Crippen molar-refractivity contribution in [1.82, 2.24) is 10.3 Å². The van der Waals surface area contributed by atoms with E-state index in [0.29, 0.717) is 16.6 Å². The summed E-state index contributed by atoms with van der Waals surface area (Å²) < 4.78 is 13.2. The van der Waals surface area contributed by atoms with Gasteiger partial charge in [0, 0.05) is 12.7 Å². The highest BCUT2D eigenvalue weighted by Gasteiger charge is 2.17. The fourth-order valence-corrected chi connectivity index (χ4v) is 3.30. The number of halogens is 2. The summed E-state index contributed by atoms with van der Waals surface area (Å²) in [7, 11) is 0. The lowest BCUT2D eigenvalue weighted by atomic mass is 9.85. The number of anilines is 2. The fraction of sp³-hybridized carbons (Fsp3) is 0.429. The van der Waals surface area contributed by atoms with Gasteiger partial charge in [-0.2, -0.15) is 0 Å². The van der Waals surface area contributed by atoms with E-state index in [4.69, 9.17) is 21.5 Å². The van der Waals surface area contributed by atoms with Crippen molar-refractivity contribution in [1.29, 1.82) is 0 Å². The highest BCUT2D eigenvalue weighted by molar-refractivity contribution is 6.33. The topological polar surface area (TPSA) is 74.2 Å². The van der Waals surface area contributed by atoms with Crippen molar-refractivity contribution in [3.05, 3.63) is 52.4 Å². The molecule has 0 aliphatic heterocycles. The highest BCUT2D eigenvalue weighted by atomic mass is 35.5. The van der Waals surface area contributed by atoms with E-state index in [2.05, 4.69) is 35.5 Å². The van der Waals surface area contributed by atoms with Crippen LogP contribution in [0.1, 0.15) is 50.2 Å². The minimum atomic E-state index is -0.348. The number of rotatable bonds is 7. The molecule has 1 aromatic heterocycles. The van der Waals surface area contributed by atoms with Gasteiger partial charge >= 0.3 is 0 Å². The van der Waals surface area contributed by atoms with Crippen molar-refractivity contribution < 1.29 is 14.3 Å². The van der Waals surface area contributed by atoms with Gasteiger partial charge in [-0.05, 0) is 66.6 Å². The molecule has 2 aromatic rings. The minimum Gasteiger partial charge on any atom is -0.483 e. The number of pyridine rings is 1. The summed E-state index contributed by atoms with van der Waals surface area (Å²) in [5.74, 6) is 1.61. The molecule has 1 aliphatic carbocycles. The predicted molar refractivity (Wildman–Crippen MR) is 111 cm³/mol. The van der Waals surface area contributed by atoms with Crippen LogP contribution >= 0.6 is 11.6 Å². The first-order chi connectivity index (χ1) is 13.4. The molecule has 152 valence electrons. The standard InChI is InChI=1S/C20H25ClFN3.CH2O2/c1-13(2)17-9-20(25-19-7-6-16(22)8-18(19)21)24-12-15(17)11-23-10-14-4-3-5-14;2-1-3/h6-9,12-14,23H,3-5,10-11H2,1-2H3,(H,24,25);1H,(H,2,3). The van der Waals surface area contributed by atoms with E-state index >= 15 is 0 Å². The first kappa shape index (κ1) is 22.1. The van der Waals surface area contributed by atoms with Gasteiger partial charge in [-0.25, -0.2) is 9.37 Å². The number of benzene rings is 1. The van der Waals surface area contributed by atoms with E-state index in [9.17, 15) is 4.39 Å². The zero-order valence-corrected chi connectivity index (χ0v) is 17.0. The number of hydrogen-bond donors (Lipinski definition) is 3. The molecule has 5 nitrogen and oxygen atoms in total. The molecule has 1 fully saturated rings. The van der Waals surface area contributed by atoms with Gasteiger partial charge in [0.25, 0.3) is 6.47 Å². The maximum atomic E-state index is 13.2. The Morgan fingerprint density at radius 2 is 2.07 bits per heavy atom. The van der Waals surface area contributed by atoms with Crippen LogP contribution in [0.4, 0.5) is 15.9 Å². The van der Waals surface area contributed by atoms with Crippen LogP contribution in [-0.4, -0.2) is 23.1 Å². The number of nitrogens with one attached hydrogen (secondary N) is 2. The third-order valence-corrected chi connectivity index (χ3v) is 5.12. The van der Waals surface area contributed by atoms with Gasteiger partial charge in [-0.3, -0.25) is 4.79 Å². The van der Waals surface area contributed by atoms with Crippen LogP contribution in [0.3, 0.4) is 0 Å². The molecule has 0 atom stereocenters. The Labute approximate surface area is 170 Å². The average Bonchev–Trinajstić information content (AvgIpc) is 2.61. The molecule has 0 saturated heterocycles. The Balaban J connectivity index is 0.000000878. The molecule has 0 amide bonds. The second kappa shape index (κ2) is 11.0. The Morgan fingerprint density at radius 1 is 1.36 bits per heavy atom. The molecular formula is C21H27ClFN3O2. The number of carbonyl (C=O) groups is 1. The fourth-order valence-electron chi connectivity index (χ4n) is 3.09. The van der Waals surface area contributed by atoms with E-state index in [1.165, 1.54) is 42.5 Å². The van der Waals surface area contributed by atoms with Crippen LogP contribution in [0.25, 0.3) is 0 Å². The lowest BCUT2D eigenvalue weighted by Gasteiger charge is -2.25. The Morgan fingerprint density at radius 3 is 2.64 bits per heavy atom. The minimum absolute atomic E-state index is 0.250. The number of carboxylic acid groups (broad SMARTS) is 1. The third kappa shape index (κ3) is 6.46. The SMILES string of the molecule is CC(C)c1cc(Nc2ccc(F)cc2Cl)ncc1CNCC1CCC1.O=CO. The first-order valence-corrected chi connectivity index (χ1v) is 9.81. The van der Waals surface area contributed by atoms with Crippen LogP contribution in [-0.2, 0) is 11.3 Å². The lowest BCUT2D eigenvalue weighted by molar-refractivity contribution is -0.122. The van der Waals surface area contributed by atoms with Crippen LogP contribution in [0.15, 0.2) is 30.5 Å². The van der Waals surface area contributed by atoms with Crippen LogP contribution in [0.5, 0.6) is 0 Å². The zero-order valence-electron chi connectivity index (χ0n) is 16.2. The first-order valence-electron chi connectivity index (χ1n) is 9.44. The number of nitrogens with zero attached hydrogens (tertiary/aromatic N) is 1. The highest BCUT2D eigenvalue weighted by Crippen LogP contribution is 2.28. The molecule has 28 heavy (non-hydrogen) atoms. The van der Waals surface area contributed by atoms with Crippen molar-refractivity contribution in [3.63, 3.8) is 0 Å². The molecule has 0 unspecified atom stereocenters. The van der Waals surface area contributed by atoms with Gasteiger partial charge in [-0.1, -0.05) is 31.9 Å². The summed E-state index contributed by atoms with van der Waals surface area (Å²) in [6.45, 7) is 6.04. The molecule has 0 bridgehead atoms. The normalized spacial score (nSPS) is 13.5. The van der Waals surface area contributed by atoms with Gasteiger partial charge in [-0.15, -0.1) is 0 Å². The quantitative estimate of drug-likeness (QED) is 0.541. The molecule has 1 aliphatic rings. The van der Waals surface area contributed by atoms with Gasteiger partial charge in [0.2, 0.25) is 0 Å². The van der Waals surface area contributed by atoms with Crippen LogP contribution < -0.4 is 10.6 Å². The maximum Gasteiger partial charge on any atom is 0.290 e. The summed E-state index contributed by atoms with van der Waals surface area (Å²) in [5.41, 5.74) is 3.14. The van der Waals surface area contributed by atoms with Gasteiger partial charge < -0.3 is 15.7 Å². The van der Waals surface area contributed by atoms with E-state index in [-0.39, 0.29) is 12.3 Å². The molecule has 3 N–H and O–H groups in total. The third-order valence-electron chi connectivity index (χ3n) is 4.81. The Bertz CT molecular complexity index is 782. The summed E-state index contributed by atoms with van der Waals surface area (Å²) in [5, 5.41) is 14.0. The smallest absolute Gasteiger partial charge is 0.290 e. The van der Waals surface area contributed by atoms with Crippen LogP contribution in [0, 0.1) is 11.7 Å². The molecule has 1 saturated carbocycles. The summed E-state index contributed by atoms with van der Waals surface area (Å²) in [4.78, 5) is 12.9. The zero-order chi connectivity index (χ0) is 20.5. The molecule has 7 heteroatoms. The second-order valence-corrected chi connectivity index (χ2v) is 7.61. The summed E-state index contributed by atoms with van der Waals surface area (Å²) in [6.07, 6.45) is 5.99. The van der Waals surface area contributed by atoms with E-state index in [0.717, 1.165) is 24.8 Å². The Kier molecular flexibility index (Phi) is 8.67. The van der Waals surface area contributed by atoms with Crippen molar-refractivity contribution >= 4 is 29.6 Å². The number of aromatic nitrogens is 1. The number of hydrogen-bond acceptors (Lipinski definition) is 4. The Hall–Kier alpha value is -2.18. The monoisotopic (exact) mass is 407 g/mol. The van der Waals surface area contributed by atoms with Crippen molar-refractivity contribution in [2.24, 2.45) is 5.92 Å². The second-order valence-electron chi connectivity index (χ2n) is 7.21. The molecule has 1 heterocycles. The molecule has 3 rings (SSSR count). The molecule has 0 spiro atoms. The summed E-state index contributed by atoms with van der Waals surface area (Å²) in [6, 6.07) is 6.37. The van der Waals surface area contributed by atoms with Crippen molar-refractivity contribution in [3.8, 4) is 0 Å². The average molecular weight is 408 g/mol. The predicted octanol–water partition coefficient (Wildman–Crippen LogP) is 5.33. The summed E-state index contributed by atoms with van der Waals surface area (Å²) >= 11 is 6.09. The van der Waals surface area contributed by atoms with Crippen LogP contribution in [0.2, 0.25) is 5.02 Å². The van der Waals surface area contributed by atoms with E-state index in [1.54, 1.807) is 6.07 Å².